The molecule has 1 N–H and O–H groups in total. The topological polar surface area (TPSA) is 55.4 Å². The maximum absolute atomic E-state index is 11.7. The number of anilines is 1. The van der Waals surface area contributed by atoms with Crippen LogP contribution in [-0.2, 0) is 14.3 Å². The summed E-state index contributed by atoms with van der Waals surface area (Å²) in [7, 11) is 0. The van der Waals surface area contributed by atoms with Crippen LogP contribution in [0.3, 0.4) is 0 Å². The van der Waals surface area contributed by atoms with E-state index in [1.807, 2.05) is 20.8 Å². The fraction of sp³-hybridized carbons (Fsp3) is 0.429. The smallest absolute Gasteiger partial charge is 0.306 e. The first-order chi connectivity index (χ1) is 9.58. The number of hydrogen-bond acceptors (Lipinski definition) is 3. The molecule has 0 heterocycles. The van der Waals surface area contributed by atoms with Crippen LogP contribution >= 0.6 is 34.8 Å². The highest BCUT2D eigenvalue weighted by Gasteiger charge is 2.18. The molecule has 116 valence electrons. The standard InChI is InChI=1S/C14H16Cl3NO3/c1-14(2,3)6-12(20)21-7-11(19)18-13-9(16)4-8(15)5-10(13)17/h4-5H,6-7H2,1-3H3,(H,18,19). The summed E-state index contributed by atoms with van der Waals surface area (Å²) in [6, 6.07) is 2.91. The van der Waals surface area contributed by atoms with Crippen molar-refractivity contribution < 1.29 is 14.3 Å². The Morgan fingerprint density at radius 3 is 2.14 bits per heavy atom. The number of carbonyl (C=O) groups excluding carboxylic acids is 2. The van der Waals surface area contributed by atoms with Crippen molar-refractivity contribution in [3.05, 3.63) is 27.2 Å². The van der Waals surface area contributed by atoms with Crippen molar-refractivity contribution in [3.63, 3.8) is 0 Å². The molecule has 1 aromatic carbocycles. The van der Waals surface area contributed by atoms with Gasteiger partial charge in [-0.05, 0) is 17.5 Å². The van der Waals surface area contributed by atoms with Gasteiger partial charge in [0.05, 0.1) is 22.2 Å². The fourth-order valence-electron chi connectivity index (χ4n) is 1.47. The molecule has 1 aromatic rings. The third kappa shape index (κ3) is 6.55. The Hall–Kier alpha value is -0.970. The number of hydrogen-bond donors (Lipinski definition) is 1. The van der Waals surface area contributed by atoms with E-state index in [1.54, 1.807) is 0 Å². The lowest BCUT2D eigenvalue weighted by Gasteiger charge is -2.16. The van der Waals surface area contributed by atoms with Crippen LogP contribution in [0.4, 0.5) is 5.69 Å². The number of amides is 1. The zero-order valence-electron chi connectivity index (χ0n) is 11.9. The van der Waals surface area contributed by atoms with Crippen molar-refractivity contribution in [2.24, 2.45) is 5.41 Å². The highest BCUT2D eigenvalue weighted by molar-refractivity contribution is 6.42. The van der Waals surface area contributed by atoms with Crippen LogP contribution < -0.4 is 5.32 Å². The molecule has 4 nitrogen and oxygen atoms in total. The summed E-state index contributed by atoms with van der Waals surface area (Å²) in [5.74, 6) is -0.964. The van der Waals surface area contributed by atoms with E-state index in [-0.39, 0.29) is 27.6 Å². The summed E-state index contributed by atoms with van der Waals surface area (Å²) in [5, 5.41) is 3.27. The summed E-state index contributed by atoms with van der Waals surface area (Å²) in [6.07, 6.45) is 0.225. The maximum Gasteiger partial charge on any atom is 0.306 e. The Morgan fingerprint density at radius 1 is 1.14 bits per heavy atom. The lowest BCUT2D eigenvalue weighted by atomic mass is 9.93. The van der Waals surface area contributed by atoms with Crippen LogP contribution in [0.15, 0.2) is 12.1 Å². The lowest BCUT2D eigenvalue weighted by Crippen LogP contribution is -2.23. The predicted molar refractivity (Wildman–Crippen MR) is 85.1 cm³/mol. The minimum Gasteiger partial charge on any atom is -0.456 e. The van der Waals surface area contributed by atoms with Gasteiger partial charge in [0.1, 0.15) is 0 Å². The Labute approximate surface area is 138 Å². The van der Waals surface area contributed by atoms with Crippen molar-refractivity contribution in [1.82, 2.24) is 0 Å². The molecule has 0 radical (unpaired) electrons. The van der Waals surface area contributed by atoms with Gasteiger partial charge in [-0.3, -0.25) is 9.59 Å². The highest BCUT2D eigenvalue weighted by Crippen LogP contribution is 2.33. The summed E-state index contributed by atoms with van der Waals surface area (Å²) >= 11 is 17.6. The minimum atomic E-state index is -0.525. The first-order valence-electron chi connectivity index (χ1n) is 6.18. The van der Waals surface area contributed by atoms with Crippen LogP contribution in [0, 0.1) is 5.41 Å². The number of benzene rings is 1. The third-order valence-corrected chi connectivity index (χ3v) is 3.12. The molecule has 0 aliphatic heterocycles. The van der Waals surface area contributed by atoms with Gasteiger partial charge >= 0.3 is 5.97 Å². The summed E-state index contributed by atoms with van der Waals surface area (Å²) in [6.45, 7) is 5.31. The van der Waals surface area contributed by atoms with E-state index in [4.69, 9.17) is 39.5 Å². The molecule has 21 heavy (non-hydrogen) atoms. The molecule has 0 saturated heterocycles. The number of ether oxygens (including phenoxy) is 1. The minimum absolute atomic E-state index is 0.198. The summed E-state index contributed by atoms with van der Waals surface area (Å²) in [5.41, 5.74) is 0.0377. The van der Waals surface area contributed by atoms with Crippen LogP contribution in [0.1, 0.15) is 27.2 Å². The van der Waals surface area contributed by atoms with E-state index in [0.29, 0.717) is 5.02 Å². The van der Waals surface area contributed by atoms with E-state index in [1.165, 1.54) is 12.1 Å². The lowest BCUT2D eigenvalue weighted by molar-refractivity contribution is -0.149. The van der Waals surface area contributed by atoms with Gasteiger partial charge in [-0.15, -0.1) is 0 Å². The first kappa shape index (κ1) is 18.1. The zero-order valence-corrected chi connectivity index (χ0v) is 14.2. The van der Waals surface area contributed by atoms with Gasteiger partial charge in [-0.1, -0.05) is 55.6 Å². The number of esters is 1. The van der Waals surface area contributed by atoms with Gasteiger partial charge in [0.25, 0.3) is 5.91 Å². The molecule has 0 aliphatic carbocycles. The van der Waals surface area contributed by atoms with Gasteiger partial charge in [-0.25, -0.2) is 0 Å². The monoisotopic (exact) mass is 351 g/mol. The zero-order chi connectivity index (χ0) is 16.2. The maximum atomic E-state index is 11.7. The molecule has 0 saturated carbocycles. The molecule has 0 aliphatic rings. The molecule has 0 unspecified atom stereocenters. The van der Waals surface area contributed by atoms with Crippen LogP contribution in [0.2, 0.25) is 15.1 Å². The quantitative estimate of drug-likeness (QED) is 0.808. The van der Waals surface area contributed by atoms with Gasteiger partial charge < -0.3 is 10.1 Å². The number of rotatable bonds is 4. The first-order valence-corrected chi connectivity index (χ1v) is 7.32. The molecular weight excluding hydrogens is 337 g/mol. The van der Waals surface area contributed by atoms with Crippen molar-refractivity contribution in [3.8, 4) is 0 Å². The van der Waals surface area contributed by atoms with Crippen LogP contribution in [0.5, 0.6) is 0 Å². The van der Waals surface area contributed by atoms with Gasteiger partial charge in [0, 0.05) is 5.02 Å². The fourth-order valence-corrected chi connectivity index (χ4v) is 2.38. The van der Waals surface area contributed by atoms with Gasteiger partial charge in [0.2, 0.25) is 0 Å². The van der Waals surface area contributed by atoms with Crippen molar-refractivity contribution in [2.75, 3.05) is 11.9 Å². The molecular formula is C14H16Cl3NO3. The average Bonchev–Trinajstić information content (AvgIpc) is 2.29. The van der Waals surface area contributed by atoms with Crippen molar-refractivity contribution in [1.29, 1.82) is 0 Å². The third-order valence-electron chi connectivity index (χ3n) is 2.31. The molecule has 7 heteroatoms. The van der Waals surface area contributed by atoms with Crippen LogP contribution in [-0.4, -0.2) is 18.5 Å². The van der Waals surface area contributed by atoms with E-state index in [9.17, 15) is 9.59 Å². The van der Waals surface area contributed by atoms with Gasteiger partial charge in [0.15, 0.2) is 6.61 Å². The normalized spacial score (nSPS) is 11.1. The van der Waals surface area contributed by atoms with E-state index < -0.39 is 18.5 Å². The molecule has 0 aromatic heterocycles. The SMILES string of the molecule is CC(C)(C)CC(=O)OCC(=O)Nc1c(Cl)cc(Cl)cc1Cl. The van der Waals surface area contributed by atoms with Gasteiger partial charge in [-0.2, -0.15) is 0 Å². The van der Waals surface area contributed by atoms with E-state index >= 15 is 0 Å². The van der Waals surface area contributed by atoms with E-state index in [2.05, 4.69) is 5.32 Å². The Kier molecular flexibility index (Phi) is 6.32. The molecule has 0 bridgehead atoms. The largest absolute Gasteiger partial charge is 0.456 e. The summed E-state index contributed by atoms with van der Waals surface area (Å²) in [4.78, 5) is 23.3. The number of carbonyl (C=O) groups is 2. The van der Waals surface area contributed by atoms with E-state index in [0.717, 1.165) is 0 Å². The molecule has 0 fully saturated rings. The van der Waals surface area contributed by atoms with Crippen LogP contribution in [0.25, 0.3) is 0 Å². The molecule has 1 amide bonds. The molecule has 1 rings (SSSR count). The van der Waals surface area contributed by atoms with Crippen molar-refractivity contribution in [2.45, 2.75) is 27.2 Å². The number of halogens is 3. The Bertz CT molecular complexity index is 530. The predicted octanol–water partition coefficient (Wildman–Crippen LogP) is 4.56. The van der Waals surface area contributed by atoms with Crippen molar-refractivity contribution >= 4 is 52.4 Å². The average molecular weight is 353 g/mol. The number of nitrogens with one attached hydrogen (secondary N) is 1. The second-order valence-corrected chi connectivity index (χ2v) is 6.94. The second-order valence-electron chi connectivity index (χ2n) is 5.69. The Morgan fingerprint density at radius 2 is 1.67 bits per heavy atom. The second kappa shape index (κ2) is 7.34. The molecule has 0 spiro atoms. The summed E-state index contributed by atoms with van der Waals surface area (Å²) < 4.78 is 4.89. The Balaban J connectivity index is 2.57. The highest BCUT2D eigenvalue weighted by atomic mass is 35.5. The molecule has 0 atom stereocenters.